The molecule has 14 heavy (non-hydrogen) atoms. The van der Waals surface area contributed by atoms with Crippen LogP contribution in [0.15, 0.2) is 18.2 Å². The highest BCUT2D eigenvalue weighted by atomic mass is 19.1. The molecule has 0 bridgehead atoms. The third kappa shape index (κ3) is 1.55. The minimum Gasteiger partial charge on any atom is -0.324 e. The van der Waals surface area contributed by atoms with E-state index in [0.29, 0.717) is 5.92 Å². The Morgan fingerprint density at radius 2 is 2.29 bits per heavy atom. The maximum Gasteiger partial charge on any atom is 0.123 e. The summed E-state index contributed by atoms with van der Waals surface area (Å²) in [6.07, 6.45) is 3.26. The summed E-state index contributed by atoms with van der Waals surface area (Å²) in [6, 6.07) is 5.02. The van der Waals surface area contributed by atoms with Crippen LogP contribution in [0.3, 0.4) is 0 Å². The van der Waals surface area contributed by atoms with Gasteiger partial charge in [-0.15, -0.1) is 0 Å². The summed E-state index contributed by atoms with van der Waals surface area (Å²) in [5, 5.41) is 0. The Hall–Kier alpha value is -0.890. The first-order valence-electron chi connectivity index (χ1n) is 5.26. The van der Waals surface area contributed by atoms with Gasteiger partial charge in [0.1, 0.15) is 5.82 Å². The van der Waals surface area contributed by atoms with Gasteiger partial charge in [-0.2, -0.15) is 0 Å². The van der Waals surface area contributed by atoms with Gasteiger partial charge in [0.15, 0.2) is 0 Å². The lowest BCUT2D eigenvalue weighted by molar-refractivity contribution is 0.366. The van der Waals surface area contributed by atoms with E-state index in [1.54, 1.807) is 6.07 Å². The summed E-state index contributed by atoms with van der Waals surface area (Å²) >= 11 is 0. The van der Waals surface area contributed by atoms with Crippen LogP contribution in [0.25, 0.3) is 0 Å². The van der Waals surface area contributed by atoms with Crippen molar-refractivity contribution in [3.05, 3.63) is 35.1 Å². The number of fused-ring (bicyclic) bond motifs is 1. The van der Waals surface area contributed by atoms with E-state index in [1.807, 2.05) is 6.07 Å². The highest BCUT2D eigenvalue weighted by Gasteiger charge is 2.25. The average molecular weight is 193 g/mol. The molecule has 0 saturated carbocycles. The van der Waals surface area contributed by atoms with Crippen molar-refractivity contribution in [1.29, 1.82) is 0 Å². The number of nitrogens with two attached hydrogens (primary N) is 1. The van der Waals surface area contributed by atoms with Gasteiger partial charge < -0.3 is 5.73 Å². The molecule has 0 aliphatic heterocycles. The first-order valence-corrected chi connectivity index (χ1v) is 5.26. The minimum atomic E-state index is -0.170. The Labute approximate surface area is 84.1 Å². The van der Waals surface area contributed by atoms with Crippen LogP contribution in [0.4, 0.5) is 4.39 Å². The van der Waals surface area contributed by atoms with Crippen LogP contribution >= 0.6 is 0 Å². The summed E-state index contributed by atoms with van der Waals surface area (Å²) in [6.45, 7) is 2.15. The lowest BCUT2D eigenvalue weighted by Gasteiger charge is -2.30. The summed E-state index contributed by atoms with van der Waals surface area (Å²) in [5.74, 6) is 0.347. The largest absolute Gasteiger partial charge is 0.324 e. The average Bonchev–Trinajstić information content (AvgIpc) is 2.20. The Kier molecular flexibility index (Phi) is 2.55. The van der Waals surface area contributed by atoms with E-state index in [4.69, 9.17) is 5.73 Å². The van der Waals surface area contributed by atoms with Gasteiger partial charge in [-0.05, 0) is 42.0 Å². The molecular formula is C12H16FN. The second-order valence-corrected chi connectivity index (χ2v) is 4.08. The van der Waals surface area contributed by atoms with Crippen molar-refractivity contribution in [2.75, 3.05) is 0 Å². The third-order valence-corrected chi connectivity index (χ3v) is 3.28. The topological polar surface area (TPSA) is 26.0 Å². The van der Waals surface area contributed by atoms with Crippen LogP contribution < -0.4 is 5.73 Å². The van der Waals surface area contributed by atoms with Gasteiger partial charge in [0.05, 0.1) is 0 Å². The van der Waals surface area contributed by atoms with E-state index in [-0.39, 0.29) is 11.9 Å². The predicted molar refractivity (Wildman–Crippen MR) is 55.4 cm³/mol. The third-order valence-electron chi connectivity index (χ3n) is 3.28. The van der Waals surface area contributed by atoms with E-state index >= 15 is 0 Å². The fraction of sp³-hybridized carbons (Fsp3) is 0.500. The Morgan fingerprint density at radius 1 is 1.50 bits per heavy atom. The molecule has 0 fully saturated rings. The maximum absolute atomic E-state index is 13.0. The summed E-state index contributed by atoms with van der Waals surface area (Å²) in [4.78, 5) is 0. The number of halogens is 1. The molecule has 0 saturated heterocycles. The molecule has 0 amide bonds. The molecule has 76 valence electrons. The van der Waals surface area contributed by atoms with E-state index in [1.165, 1.54) is 11.6 Å². The van der Waals surface area contributed by atoms with Crippen LogP contribution in [0.1, 0.15) is 36.9 Å². The van der Waals surface area contributed by atoms with Crippen LogP contribution in [0.5, 0.6) is 0 Å². The molecule has 1 aromatic carbocycles. The van der Waals surface area contributed by atoms with Gasteiger partial charge in [-0.3, -0.25) is 0 Å². The molecule has 1 aliphatic carbocycles. The maximum atomic E-state index is 13.0. The van der Waals surface area contributed by atoms with Crippen LogP contribution in [-0.4, -0.2) is 0 Å². The van der Waals surface area contributed by atoms with E-state index in [2.05, 4.69) is 6.92 Å². The zero-order valence-corrected chi connectivity index (χ0v) is 8.46. The number of hydrogen-bond acceptors (Lipinski definition) is 1. The number of aryl methyl sites for hydroxylation is 1. The normalized spacial score (nSPS) is 25.9. The van der Waals surface area contributed by atoms with Crippen LogP contribution in [0.2, 0.25) is 0 Å². The van der Waals surface area contributed by atoms with Crippen LogP contribution in [-0.2, 0) is 6.42 Å². The van der Waals surface area contributed by atoms with Crippen molar-refractivity contribution in [3.63, 3.8) is 0 Å². The highest BCUT2D eigenvalue weighted by Crippen LogP contribution is 2.34. The Balaban J connectivity index is 2.38. The summed E-state index contributed by atoms with van der Waals surface area (Å²) in [5.41, 5.74) is 8.35. The molecule has 1 aromatic rings. The molecule has 0 radical (unpaired) electrons. The zero-order chi connectivity index (χ0) is 10.1. The van der Waals surface area contributed by atoms with Crippen molar-refractivity contribution in [1.82, 2.24) is 0 Å². The Morgan fingerprint density at radius 3 is 3.00 bits per heavy atom. The van der Waals surface area contributed by atoms with Gasteiger partial charge in [0.2, 0.25) is 0 Å². The highest BCUT2D eigenvalue weighted by molar-refractivity contribution is 5.33. The minimum absolute atomic E-state index is 0.0273. The molecule has 0 spiro atoms. The molecule has 1 nitrogen and oxygen atoms in total. The molecule has 2 heteroatoms. The molecule has 2 N–H and O–H groups in total. The molecule has 1 aliphatic rings. The lowest BCUT2D eigenvalue weighted by atomic mass is 9.79. The van der Waals surface area contributed by atoms with Gasteiger partial charge in [-0.1, -0.05) is 19.4 Å². The summed E-state index contributed by atoms with van der Waals surface area (Å²) < 4.78 is 13.0. The number of rotatable bonds is 1. The molecular weight excluding hydrogens is 177 g/mol. The zero-order valence-electron chi connectivity index (χ0n) is 8.46. The summed E-state index contributed by atoms with van der Waals surface area (Å²) in [7, 11) is 0. The number of benzene rings is 1. The molecule has 2 rings (SSSR count). The van der Waals surface area contributed by atoms with Crippen molar-refractivity contribution in [3.8, 4) is 0 Å². The monoisotopic (exact) mass is 193 g/mol. The van der Waals surface area contributed by atoms with Crippen LogP contribution in [0, 0.1) is 11.7 Å². The van der Waals surface area contributed by atoms with Crippen molar-refractivity contribution < 1.29 is 4.39 Å². The SMILES string of the molecule is CCC1CCc2ccc(F)cc2C1N. The first-order chi connectivity index (χ1) is 6.72. The second kappa shape index (κ2) is 3.70. The fourth-order valence-electron chi connectivity index (χ4n) is 2.34. The quantitative estimate of drug-likeness (QED) is 0.729. The molecule has 2 unspecified atom stereocenters. The van der Waals surface area contributed by atoms with E-state index in [9.17, 15) is 4.39 Å². The first kappa shape index (κ1) is 9.66. The lowest BCUT2D eigenvalue weighted by Crippen LogP contribution is -2.26. The predicted octanol–water partition coefficient (Wildman–Crippen LogP) is 2.80. The van der Waals surface area contributed by atoms with Gasteiger partial charge in [0.25, 0.3) is 0 Å². The standard InChI is InChI=1S/C12H16FN/c1-2-8-3-4-9-5-6-10(13)7-11(9)12(8)14/h5-8,12H,2-4,14H2,1H3. The van der Waals surface area contributed by atoms with E-state index in [0.717, 1.165) is 24.8 Å². The smallest absolute Gasteiger partial charge is 0.123 e. The second-order valence-electron chi connectivity index (χ2n) is 4.08. The molecule has 0 heterocycles. The van der Waals surface area contributed by atoms with Crippen molar-refractivity contribution in [2.45, 2.75) is 32.2 Å². The van der Waals surface area contributed by atoms with Gasteiger partial charge >= 0.3 is 0 Å². The van der Waals surface area contributed by atoms with Gasteiger partial charge in [0, 0.05) is 6.04 Å². The van der Waals surface area contributed by atoms with Crippen molar-refractivity contribution >= 4 is 0 Å². The fourth-order valence-corrected chi connectivity index (χ4v) is 2.34. The molecule has 2 atom stereocenters. The van der Waals surface area contributed by atoms with E-state index < -0.39 is 0 Å². The number of hydrogen-bond donors (Lipinski definition) is 1. The van der Waals surface area contributed by atoms with Crippen molar-refractivity contribution in [2.24, 2.45) is 11.7 Å². The Bertz CT molecular complexity index is 335. The molecule has 0 aromatic heterocycles. The van der Waals surface area contributed by atoms with Gasteiger partial charge in [-0.25, -0.2) is 4.39 Å².